The number of halogens is 2. The molecule has 0 atom stereocenters. The third-order valence-corrected chi connectivity index (χ3v) is 3.13. The highest BCUT2D eigenvalue weighted by atomic mass is 35.5. The highest BCUT2D eigenvalue weighted by Gasteiger charge is 2.12. The lowest BCUT2D eigenvalue weighted by Crippen LogP contribution is -1.99. The molecule has 1 heterocycles. The summed E-state index contributed by atoms with van der Waals surface area (Å²) in [5, 5.41) is 1.87. The molecule has 0 unspecified atom stereocenters. The van der Waals surface area contributed by atoms with Gasteiger partial charge in [0.15, 0.2) is 0 Å². The van der Waals surface area contributed by atoms with E-state index in [4.69, 9.17) is 27.9 Å². The summed E-state index contributed by atoms with van der Waals surface area (Å²) in [6.07, 6.45) is 5.91. The van der Waals surface area contributed by atoms with Gasteiger partial charge in [-0.2, -0.15) is 0 Å². The number of hydrogen-bond acceptors (Lipinski definition) is 2. The Morgan fingerprint density at radius 3 is 2.68 bits per heavy atom. The largest absolute Gasteiger partial charge is 0.488 e. The van der Waals surface area contributed by atoms with Gasteiger partial charge in [0.05, 0.1) is 10.5 Å². The van der Waals surface area contributed by atoms with Crippen LogP contribution in [0.5, 0.6) is 5.75 Å². The second-order valence-corrected chi connectivity index (χ2v) is 4.83. The van der Waals surface area contributed by atoms with Crippen LogP contribution in [0.3, 0.4) is 0 Å². The average Bonchev–Trinajstić information content (AvgIpc) is 2.37. The van der Waals surface area contributed by atoms with Crippen LogP contribution in [0.15, 0.2) is 43.6 Å². The van der Waals surface area contributed by atoms with E-state index in [2.05, 4.69) is 18.1 Å². The minimum Gasteiger partial charge on any atom is -0.488 e. The van der Waals surface area contributed by atoms with Gasteiger partial charge >= 0.3 is 0 Å². The summed E-state index contributed by atoms with van der Waals surface area (Å²) in [6, 6.07) is 3.48. The molecule has 2 rings (SSSR count). The quantitative estimate of drug-likeness (QED) is 0.736. The van der Waals surface area contributed by atoms with Crippen LogP contribution in [0.4, 0.5) is 0 Å². The van der Waals surface area contributed by atoms with Crippen LogP contribution in [-0.4, -0.2) is 11.6 Å². The standard InChI is InChI=1S/C15H13Cl2NO/c1-3-5-10-9-18-14-12(15(10)19-6-4-2)7-11(16)8-13(14)17/h3-4,7-9H,1-2,5-6H2. The molecule has 0 radical (unpaired) electrons. The first-order valence-corrected chi connectivity index (χ1v) is 6.54. The van der Waals surface area contributed by atoms with Crippen molar-refractivity contribution in [2.45, 2.75) is 6.42 Å². The highest BCUT2D eigenvalue weighted by molar-refractivity contribution is 6.38. The lowest BCUT2D eigenvalue weighted by molar-refractivity contribution is 0.364. The third-order valence-electron chi connectivity index (χ3n) is 2.62. The molecule has 0 spiro atoms. The van der Waals surface area contributed by atoms with Crippen molar-refractivity contribution in [3.63, 3.8) is 0 Å². The van der Waals surface area contributed by atoms with Crippen molar-refractivity contribution < 1.29 is 4.74 Å². The summed E-state index contributed by atoms with van der Waals surface area (Å²) >= 11 is 12.2. The number of benzene rings is 1. The van der Waals surface area contributed by atoms with Crippen molar-refractivity contribution in [2.24, 2.45) is 0 Å². The Bertz CT molecular complexity index is 638. The molecule has 0 saturated carbocycles. The number of pyridine rings is 1. The second-order valence-electron chi connectivity index (χ2n) is 3.99. The van der Waals surface area contributed by atoms with Crippen molar-refractivity contribution in [1.82, 2.24) is 4.98 Å². The Morgan fingerprint density at radius 2 is 2.00 bits per heavy atom. The van der Waals surface area contributed by atoms with Gasteiger partial charge in [0.25, 0.3) is 0 Å². The van der Waals surface area contributed by atoms with Crippen LogP contribution in [-0.2, 0) is 6.42 Å². The molecule has 1 aromatic carbocycles. The van der Waals surface area contributed by atoms with Gasteiger partial charge in [-0.3, -0.25) is 4.98 Å². The van der Waals surface area contributed by atoms with E-state index in [9.17, 15) is 0 Å². The maximum atomic E-state index is 6.15. The van der Waals surface area contributed by atoms with Gasteiger partial charge in [0.1, 0.15) is 12.4 Å². The maximum Gasteiger partial charge on any atom is 0.134 e. The van der Waals surface area contributed by atoms with Gasteiger partial charge in [0.2, 0.25) is 0 Å². The van der Waals surface area contributed by atoms with Gasteiger partial charge in [-0.25, -0.2) is 0 Å². The molecule has 0 aliphatic rings. The molecule has 0 N–H and O–H groups in total. The fourth-order valence-corrected chi connectivity index (χ4v) is 2.40. The van der Waals surface area contributed by atoms with Crippen molar-refractivity contribution in [1.29, 1.82) is 0 Å². The summed E-state index contributed by atoms with van der Waals surface area (Å²) in [5.41, 5.74) is 1.63. The van der Waals surface area contributed by atoms with Crippen molar-refractivity contribution >= 4 is 34.1 Å². The zero-order valence-electron chi connectivity index (χ0n) is 10.3. The summed E-state index contributed by atoms with van der Waals surface area (Å²) in [5.74, 6) is 0.731. The van der Waals surface area contributed by atoms with Crippen LogP contribution in [0, 0.1) is 0 Å². The van der Waals surface area contributed by atoms with E-state index < -0.39 is 0 Å². The van der Waals surface area contributed by atoms with Crippen LogP contribution >= 0.6 is 23.2 Å². The molecule has 0 amide bonds. The van der Waals surface area contributed by atoms with E-state index in [0.29, 0.717) is 28.6 Å². The molecule has 2 aromatic rings. The first-order chi connectivity index (χ1) is 9.17. The molecule has 98 valence electrons. The van der Waals surface area contributed by atoms with Crippen molar-refractivity contribution in [3.05, 3.63) is 59.2 Å². The van der Waals surface area contributed by atoms with Gasteiger partial charge in [-0.15, -0.1) is 6.58 Å². The number of nitrogens with zero attached hydrogens (tertiary/aromatic N) is 1. The molecule has 1 aromatic heterocycles. The van der Waals surface area contributed by atoms with E-state index in [-0.39, 0.29) is 0 Å². The van der Waals surface area contributed by atoms with E-state index in [0.717, 1.165) is 16.7 Å². The van der Waals surface area contributed by atoms with Crippen molar-refractivity contribution in [3.8, 4) is 5.75 Å². The number of ether oxygens (including phenoxy) is 1. The van der Waals surface area contributed by atoms with E-state index in [1.807, 2.05) is 0 Å². The molecule has 0 aliphatic carbocycles. The molecule has 4 heteroatoms. The molecule has 19 heavy (non-hydrogen) atoms. The molecule has 0 bridgehead atoms. The predicted molar refractivity (Wildman–Crippen MR) is 81.4 cm³/mol. The summed E-state index contributed by atoms with van der Waals surface area (Å²) in [7, 11) is 0. The SMILES string of the molecule is C=CCOc1c(CC=C)cnc2c(Cl)cc(Cl)cc12. The monoisotopic (exact) mass is 293 g/mol. The van der Waals surface area contributed by atoms with Gasteiger partial charge in [0, 0.05) is 22.2 Å². The molecule has 0 saturated heterocycles. The van der Waals surface area contributed by atoms with Gasteiger partial charge in [-0.1, -0.05) is 41.9 Å². The Kier molecular flexibility index (Phi) is 4.46. The second kappa shape index (κ2) is 6.09. The Morgan fingerprint density at radius 1 is 1.21 bits per heavy atom. The topological polar surface area (TPSA) is 22.1 Å². The predicted octanol–water partition coefficient (Wildman–Crippen LogP) is 4.83. The number of aromatic nitrogens is 1. The van der Waals surface area contributed by atoms with E-state index in [1.165, 1.54) is 0 Å². The maximum absolute atomic E-state index is 6.15. The summed E-state index contributed by atoms with van der Waals surface area (Å²) in [6.45, 7) is 7.80. The number of rotatable bonds is 5. The van der Waals surface area contributed by atoms with Crippen LogP contribution in [0.25, 0.3) is 10.9 Å². The summed E-state index contributed by atoms with van der Waals surface area (Å²) in [4.78, 5) is 4.36. The lowest BCUT2D eigenvalue weighted by Gasteiger charge is -2.13. The zero-order valence-corrected chi connectivity index (χ0v) is 11.8. The molecule has 0 fully saturated rings. The van der Waals surface area contributed by atoms with Crippen LogP contribution < -0.4 is 4.74 Å². The summed E-state index contributed by atoms with van der Waals surface area (Å²) < 4.78 is 5.74. The Labute approximate surface area is 122 Å². The minimum atomic E-state index is 0.410. The normalized spacial score (nSPS) is 10.4. The lowest BCUT2D eigenvalue weighted by atomic mass is 10.1. The van der Waals surface area contributed by atoms with Gasteiger partial charge in [-0.05, 0) is 18.6 Å². The molecular formula is C15H13Cl2NO. The zero-order chi connectivity index (χ0) is 13.8. The van der Waals surface area contributed by atoms with E-state index >= 15 is 0 Å². The third kappa shape index (κ3) is 2.91. The first kappa shape index (κ1) is 13.9. The number of fused-ring (bicyclic) bond motifs is 1. The Balaban J connectivity index is 2.69. The number of hydrogen-bond donors (Lipinski definition) is 0. The minimum absolute atomic E-state index is 0.410. The Hall–Kier alpha value is -1.51. The fourth-order valence-electron chi connectivity index (χ4n) is 1.86. The van der Waals surface area contributed by atoms with Crippen LogP contribution in [0.2, 0.25) is 10.0 Å². The number of allylic oxidation sites excluding steroid dienone is 1. The molecule has 2 nitrogen and oxygen atoms in total. The van der Waals surface area contributed by atoms with E-state index in [1.54, 1.807) is 30.5 Å². The molecular weight excluding hydrogens is 281 g/mol. The highest BCUT2D eigenvalue weighted by Crippen LogP contribution is 2.35. The van der Waals surface area contributed by atoms with Gasteiger partial charge < -0.3 is 4.74 Å². The smallest absolute Gasteiger partial charge is 0.134 e. The van der Waals surface area contributed by atoms with Crippen molar-refractivity contribution in [2.75, 3.05) is 6.61 Å². The first-order valence-electron chi connectivity index (χ1n) is 5.78. The average molecular weight is 294 g/mol. The fraction of sp³-hybridized carbons (Fsp3) is 0.133. The molecule has 0 aliphatic heterocycles. The van der Waals surface area contributed by atoms with Crippen LogP contribution in [0.1, 0.15) is 5.56 Å².